The number of piperidine rings is 1. The molecule has 2 heterocycles. The fraction of sp³-hybridized carbons (Fsp3) is 0.423. The summed E-state index contributed by atoms with van der Waals surface area (Å²) in [5.41, 5.74) is 2.65. The highest BCUT2D eigenvalue weighted by Gasteiger charge is 2.27. The second-order valence-electron chi connectivity index (χ2n) is 9.04. The lowest BCUT2D eigenvalue weighted by Gasteiger charge is -2.32. The van der Waals surface area contributed by atoms with E-state index in [1.807, 2.05) is 64.1 Å². The zero-order chi connectivity index (χ0) is 22.5. The Morgan fingerprint density at radius 3 is 2.47 bits per heavy atom. The van der Waals surface area contributed by atoms with Crippen LogP contribution in [0.25, 0.3) is 11.0 Å². The van der Waals surface area contributed by atoms with E-state index in [1.54, 1.807) is 0 Å². The molecule has 6 heteroatoms. The van der Waals surface area contributed by atoms with Gasteiger partial charge in [-0.05, 0) is 42.9 Å². The van der Waals surface area contributed by atoms with Crippen LogP contribution in [-0.2, 0) is 11.3 Å². The highest BCUT2D eigenvalue weighted by atomic mass is 16.2. The Balaban J connectivity index is 1.53. The van der Waals surface area contributed by atoms with Gasteiger partial charge in [0.2, 0.25) is 5.91 Å². The van der Waals surface area contributed by atoms with E-state index in [0.29, 0.717) is 31.4 Å². The van der Waals surface area contributed by atoms with Gasteiger partial charge in [0, 0.05) is 25.6 Å². The first-order valence-electron chi connectivity index (χ1n) is 11.6. The van der Waals surface area contributed by atoms with Crippen LogP contribution in [0.4, 0.5) is 5.82 Å². The average Bonchev–Trinajstić information content (AvgIpc) is 2.81. The van der Waals surface area contributed by atoms with Crippen LogP contribution in [0.2, 0.25) is 0 Å². The second kappa shape index (κ2) is 9.98. The molecule has 0 spiro atoms. The van der Waals surface area contributed by atoms with E-state index >= 15 is 0 Å². The Kier molecular flexibility index (Phi) is 6.88. The molecule has 1 fully saturated rings. The van der Waals surface area contributed by atoms with Gasteiger partial charge in [0.15, 0.2) is 5.82 Å². The van der Waals surface area contributed by atoms with E-state index in [4.69, 9.17) is 4.98 Å². The Bertz CT molecular complexity index is 1120. The van der Waals surface area contributed by atoms with Crippen molar-refractivity contribution in [2.75, 3.05) is 24.5 Å². The van der Waals surface area contributed by atoms with Crippen molar-refractivity contribution in [2.45, 2.75) is 39.7 Å². The van der Waals surface area contributed by atoms with Crippen molar-refractivity contribution in [3.05, 3.63) is 70.5 Å². The molecule has 1 aliphatic rings. The van der Waals surface area contributed by atoms with E-state index < -0.39 is 0 Å². The van der Waals surface area contributed by atoms with E-state index in [1.165, 1.54) is 0 Å². The molecule has 6 nitrogen and oxygen atoms in total. The van der Waals surface area contributed by atoms with Crippen LogP contribution in [0.1, 0.15) is 38.7 Å². The molecule has 0 unspecified atom stereocenters. The van der Waals surface area contributed by atoms with Crippen molar-refractivity contribution in [3.63, 3.8) is 0 Å². The zero-order valence-corrected chi connectivity index (χ0v) is 19.0. The van der Waals surface area contributed by atoms with Crippen LogP contribution in [0.3, 0.4) is 0 Å². The Labute approximate surface area is 189 Å². The molecule has 1 saturated heterocycles. The van der Waals surface area contributed by atoms with Gasteiger partial charge in [0.25, 0.3) is 5.56 Å². The van der Waals surface area contributed by atoms with Crippen molar-refractivity contribution in [2.24, 2.45) is 11.8 Å². The molecule has 1 amide bonds. The Morgan fingerprint density at radius 2 is 1.75 bits per heavy atom. The molecule has 1 N–H and O–H groups in total. The number of benzene rings is 2. The standard InChI is InChI=1S/C26H32N4O2/c1-19(2)12-15-27-25(31)21-13-16-29(17-14-21)24-26(32)30(18-20-8-4-3-5-9-20)23-11-7-6-10-22(23)28-24/h3-11,19,21H,12-18H2,1-2H3,(H,27,31). The molecular weight excluding hydrogens is 400 g/mol. The number of nitrogens with one attached hydrogen (secondary N) is 1. The molecule has 1 aliphatic heterocycles. The lowest BCUT2D eigenvalue weighted by atomic mass is 9.95. The molecule has 4 rings (SSSR count). The number of hydrogen-bond donors (Lipinski definition) is 1. The van der Waals surface area contributed by atoms with Crippen LogP contribution in [0, 0.1) is 11.8 Å². The predicted octanol–water partition coefficient (Wildman–Crippen LogP) is 3.82. The van der Waals surface area contributed by atoms with Gasteiger partial charge in [-0.3, -0.25) is 14.2 Å². The number of fused-ring (bicyclic) bond motifs is 1. The monoisotopic (exact) mass is 432 g/mol. The van der Waals surface area contributed by atoms with Gasteiger partial charge in [-0.25, -0.2) is 4.98 Å². The second-order valence-corrected chi connectivity index (χ2v) is 9.04. The lowest BCUT2D eigenvalue weighted by Crippen LogP contribution is -2.43. The maximum Gasteiger partial charge on any atom is 0.294 e. The minimum atomic E-state index is -0.0765. The van der Waals surface area contributed by atoms with Crippen molar-refractivity contribution < 1.29 is 4.79 Å². The molecule has 0 aliphatic carbocycles. The van der Waals surface area contributed by atoms with Crippen LogP contribution >= 0.6 is 0 Å². The van der Waals surface area contributed by atoms with E-state index in [9.17, 15) is 9.59 Å². The summed E-state index contributed by atoms with van der Waals surface area (Å²) in [5.74, 6) is 1.20. The van der Waals surface area contributed by atoms with Crippen LogP contribution < -0.4 is 15.8 Å². The number of nitrogens with zero attached hydrogens (tertiary/aromatic N) is 3. The summed E-state index contributed by atoms with van der Waals surface area (Å²) in [6.45, 7) is 6.87. The molecule has 0 radical (unpaired) electrons. The van der Waals surface area contributed by atoms with Gasteiger partial charge < -0.3 is 10.2 Å². The first-order chi connectivity index (χ1) is 15.5. The first kappa shape index (κ1) is 22.1. The van der Waals surface area contributed by atoms with Gasteiger partial charge in [-0.2, -0.15) is 0 Å². The number of aromatic nitrogens is 2. The third-order valence-electron chi connectivity index (χ3n) is 6.21. The summed E-state index contributed by atoms with van der Waals surface area (Å²) in [5, 5.41) is 3.07. The molecule has 2 aromatic carbocycles. The summed E-state index contributed by atoms with van der Waals surface area (Å²) >= 11 is 0. The van der Waals surface area contributed by atoms with E-state index in [2.05, 4.69) is 19.2 Å². The molecule has 0 atom stereocenters. The van der Waals surface area contributed by atoms with E-state index in [-0.39, 0.29) is 17.4 Å². The van der Waals surface area contributed by atoms with Gasteiger partial charge in [-0.1, -0.05) is 56.3 Å². The van der Waals surface area contributed by atoms with Gasteiger partial charge in [0.05, 0.1) is 17.6 Å². The number of para-hydroxylation sites is 2. The predicted molar refractivity (Wildman–Crippen MR) is 129 cm³/mol. The van der Waals surface area contributed by atoms with E-state index in [0.717, 1.165) is 42.4 Å². The number of carbonyl (C=O) groups excluding carboxylic acids is 1. The summed E-state index contributed by atoms with van der Waals surface area (Å²) < 4.78 is 1.82. The SMILES string of the molecule is CC(C)CCNC(=O)C1CCN(c2nc3ccccc3n(Cc3ccccc3)c2=O)CC1. The van der Waals surface area contributed by atoms with Gasteiger partial charge in [0.1, 0.15) is 0 Å². The topological polar surface area (TPSA) is 67.2 Å². The van der Waals surface area contributed by atoms with Crippen LogP contribution in [0.15, 0.2) is 59.4 Å². The summed E-state index contributed by atoms with van der Waals surface area (Å²) in [7, 11) is 0. The minimum Gasteiger partial charge on any atom is -0.356 e. The van der Waals surface area contributed by atoms with Crippen LogP contribution in [0.5, 0.6) is 0 Å². The normalized spacial score (nSPS) is 14.8. The quantitative estimate of drug-likeness (QED) is 0.616. The molecule has 1 aromatic heterocycles. The average molecular weight is 433 g/mol. The molecule has 0 bridgehead atoms. The number of amides is 1. The maximum atomic E-state index is 13.5. The summed E-state index contributed by atoms with van der Waals surface area (Å²) in [6, 6.07) is 17.8. The fourth-order valence-electron chi connectivity index (χ4n) is 4.29. The molecular formula is C26H32N4O2. The smallest absolute Gasteiger partial charge is 0.294 e. The minimum absolute atomic E-state index is 0.00501. The van der Waals surface area contributed by atoms with Gasteiger partial charge >= 0.3 is 0 Å². The third-order valence-corrected chi connectivity index (χ3v) is 6.21. The largest absolute Gasteiger partial charge is 0.356 e. The fourth-order valence-corrected chi connectivity index (χ4v) is 4.29. The molecule has 32 heavy (non-hydrogen) atoms. The number of hydrogen-bond acceptors (Lipinski definition) is 4. The first-order valence-corrected chi connectivity index (χ1v) is 11.6. The molecule has 0 saturated carbocycles. The molecule has 168 valence electrons. The maximum absolute atomic E-state index is 13.5. The third kappa shape index (κ3) is 5.01. The highest BCUT2D eigenvalue weighted by molar-refractivity contribution is 5.79. The highest BCUT2D eigenvalue weighted by Crippen LogP contribution is 2.22. The Morgan fingerprint density at radius 1 is 1.06 bits per heavy atom. The number of rotatable bonds is 7. The molecule has 3 aromatic rings. The number of carbonyl (C=O) groups is 1. The lowest BCUT2D eigenvalue weighted by molar-refractivity contribution is -0.125. The van der Waals surface area contributed by atoms with Crippen molar-refractivity contribution in [1.29, 1.82) is 0 Å². The van der Waals surface area contributed by atoms with Crippen molar-refractivity contribution in [1.82, 2.24) is 14.9 Å². The zero-order valence-electron chi connectivity index (χ0n) is 19.0. The summed E-state index contributed by atoms with van der Waals surface area (Å²) in [4.78, 5) is 32.8. The Hall–Kier alpha value is -3.15. The van der Waals surface area contributed by atoms with Crippen molar-refractivity contribution >= 4 is 22.8 Å². The summed E-state index contributed by atoms with van der Waals surface area (Å²) in [6.07, 6.45) is 2.47. The number of anilines is 1. The van der Waals surface area contributed by atoms with Crippen LogP contribution in [-0.4, -0.2) is 35.1 Å². The van der Waals surface area contributed by atoms with Crippen molar-refractivity contribution in [3.8, 4) is 0 Å². The van der Waals surface area contributed by atoms with Gasteiger partial charge in [-0.15, -0.1) is 0 Å².